The number of hydrogen-bond donors (Lipinski definition) is 3. The van der Waals surface area contributed by atoms with Gasteiger partial charge in [-0.15, -0.1) is 0 Å². The van der Waals surface area contributed by atoms with Gasteiger partial charge in [-0.2, -0.15) is 0 Å². The maximum atomic E-state index is 13.2. The van der Waals surface area contributed by atoms with Gasteiger partial charge >= 0.3 is 0 Å². The molecule has 4 aliphatic carbocycles. The number of hydrogen-bond acceptors (Lipinski definition) is 7. The molecule has 36 heavy (non-hydrogen) atoms. The molecule has 4 N–H and O–H groups in total. The highest BCUT2D eigenvalue weighted by atomic mass is 16.3. The molecular weight excluding hydrogens is 456 g/mol. The quantitative estimate of drug-likeness (QED) is 0.585. The molecule has 0 spiro atoms. The monoisotopic (exact) mass is 490 g/mol. The van der Waals surface area contributed by atoms with Crippen molar-refractivity contribution in [2.45, 2.75) is 56.7 Å². The molecule has 4 saturated carbocycles. The van der Waals surface area contributed by atoms with Crippen molar-refractivity contribution in [2.75, 3.05) is 29.4 Å². The number of aliphatic hydroxyl groups is 1. The van der Waals surface area contributed by atoms with Gasteiger partial charge in [0.25, 0.3) is 5.91 Å². The third-order valence-electron chi connectivity index (χ3n) is 8.78. The average Bonchev–Trinajstić information content (AvgIpc) is 2.85. The van der Waals surface area contributed by atoms with Gasteiger partial charge in [0.2, 0.25) is 5.91 Å². The molecular formula is C27H34N6O3. The van der Waals surface area contributed by atoms with E-state index >= 15 is 0 Å². The molecule has 9 nitrogen and oxygen atoms in total. The molecule has 1 aliphatic heterocycles. The topological polar surface area (TPSA) is 125 Å². The largest absolute Gasteiger partial charge is 0.390 e. The van der Waals surface area contributed by atoms with Crippen LogP contribution in [0.3, 0.4) is 0 Å². The van der Waals surface area contributed by atoms with Gasteiger partial charge in [0.1, 0.15) is 17.3 Å². The van der Waals surface area contributed by atoms with E-state index in [-0.39, 0.29) is 18.0 Å². The van der Waals surface area contributed by atoms with E-state index in [1.165, 1.54) is 6.20 Å². The first-order valence-electron chi connectivity index (χ1n) is 13.1. The highest BCUT2D eigenvalue weighted by molar-refractivity contribution is 5.93. The summed E-state index contributed by atoms with van der Waals surface area (Å²) in [5.74, 6) is 2.35. The Labute approximate surface area is 211 Å². The maximum Gasteiger partial charge on any atom is 0.270 e. The molecule has 3 unspecified atom stereocenters. The third kappa shape index (κ3) is 4.19. The number of carbonyl (C=O) groups is 2. The van der Waals surface area contributed by atoms with Crippen LogP contribution in [-0.4, -0.2) is 64.2 Å². The number of rotatable bonds is 5. The predicted molar refractivity (Wildman–Crippen MR) is 136 cm³/mol. The van der Waals surface area contributed by atoms with E-state index in [2.05, 4.69) is 27.0 Å². The van der Waals surface area contributed by atoms with E-state index in [1.807, 2.05) is 18.2 Å². The van der Waals surface area contributed by atoms with Gasteiger partial charge < -0.3 is 26.0 Å². The fourth-order valence-electron chi connectivity index (χ4n) is 7.38. The Hall–Kier alpha value is -3.20. The van der Waals surface area contributed by atoms with Crippen LogP contribution in [0.2, 0.25) is 0 Å². The number of nitrogens with two attached hydrogens (primary N) is 1. The van der Waals surface area contributed by atoms with E-state index in [0.29, 0.717) is 29.0 Å². The summed E-state index contributed by atoms with van der Waals surface area (Å²) in [6, 6.07) is 9.47. The Morgan fingerprint density at radius 1 is 1.08 bits per heavy atom. The zero-order chi connectivity index (χ0) is 25.0. The lowest BCUT2D eigenvalue weighted by atomic mass is 9.52. The van der Waals surface area contributed by atoms with Gasteiger partial charge in [-0.05, 0) is 81.0 Å². The first-order chi connectivity index (χ1) is 17.3. The second kappa shape index (κ2) is 8.73. The molecule has 2 aromatic heterocycles. The molecule has 9 heteroatoms. The zero-order valence-corrected chi connectivity index (χ0v) is 20.6. The molecule has 1 saturated heterocycles. The SMILES string of the molecule is CC1CN(c2ccc(C(N)=O)cn2)CCN1c1cccc(C(=O)NC2C3CC4CC2CC(O)(C4)C3)n1. The van der Waals surface area contributed by atoms with Gasteiger partial charge in [0.15, 0.2) is 0 Å². The van der Waals surface area contributed by atoms with Gasteiger partial charge in [-0.25, -0.2) is 9.97 Å². The Bertz CT molecular complexity index is 1150. The summed E-state index contributed by atoms with van der Waals surface area (Å²) in [7, 11) is 0. The van der Waals surface area contributed by atoms with Crippen LogP contribution in [0.4, 0.5) is 11.6 Å². The summed E-state index contributed by atoms with van der Waals surface area (Å²) < 4.78 is 0. The first-order valence-corrected chi connectivity index (χ1v) is 13.1. The number of nitrogens with one attached hydrogen (secondary N) is 1. The van der Waals surface area contributed by atoms with Gasteiger partial charge in [-0.3, -0.25) is 9.59 Å². The van der Waals surface area contributed by atoms with Gasteiger partial charge in [0, 0.05) is 37.9 Å². The van der Waals surface area contributed by atoms with E-state index in [4.69, 9.17) is 10.7 Å². The van der Waals surface area contributed by atoms with Crippen molar-refractivity contribution in [3.8, 4) is 0 Å². The van der Waals surface area contributed by atoms with Crippen LogP contribution in [0.15, 0.2) is 36.5 Å². The highest BCUT2D eigenvalue weighted by Gasteiger charge is 2.55. The van der Waals surface area contributed by atoms with Crippen LogP contribution >= 0.6 is 0 Å². The lowest BCUT2D eigenvalue weighted by Gasteiger charge is -2.58. The molecule has 5 aliphatic rings. The molecule has 3 heterocycles. The summed E-state index contributed by atoms with van der Waals surface area (Å²) in [4.78, 5) is 38.1. The third-order valence-corrected chi connectivity index (χ3v) is 8.78. The van der Waals surface area contributed by atoms with Crippen molar-refractivity contribution in [3.05, 3.63) is 47.8 Å². The standard InChI is InChI=1S/C27H34N6O3/c1-16-15-32(22-6-5-18(14-29-22)25(28)34)7-8-33(16)23-4-2-3-21(30-23)26(35)31-24-19-9-17-10-20(24)13-27(36,11-17)12-19/h2-6,14,16-17,19-20,24,36H,7-13,15H2,1H3,(H2,28,34)(H,31,35). The first kappa shape index (κ1) is 23.2. The lowest BCUT2D eigenvalue weighted by Crippen LogP contribution is -2.61. The fourth-order valence-corrected chi connectivity index (χ4v) is 7.38. The summed E-state index contributed by atoms with van der Waals surface area (Å²) in [5, 5.41) is 14.1. The molecule has 190 valence electrons. The highest BCUT2D eigenvalue weighted by Crippen LogP contribution is 2.55. The maximum absolute atomic E-state index is 13.2. The van der Waals surface area contributed by atoms with E-state index < -0.39 is 11.5 Å². The molecule has 4 bridgehead atoms. The molecule has 2 amide bonds. The number of nitrogens with zero attached hydrogens (tertiary/aromatic N) is 4. The van der Waals surface area contributed by atoms with Crippen LogP contribution in [0.25, 0.3) is 0 Å². The molecule has 5 fully saturated rings. The van der Waals surface area contributed by atoms with Crippen LogP contribution in [0.1, 0.15) is 59.9 Å². The Balaban J connectivity index is 1.11. The van der Waals surface area contributed by atoms with E-state index in [0.717, 1.165) is 63.4 Å². The summed E-state index contributed by atoms with van der Waals surface area (Å²) in [6.45, 7) is 4.38. The normalized spacial score (nSPS) is 33.0. The Morgan fingerprint density at radius 2 is 1.86 bits per heavy atom. The van der Waals surface area contributed by atoms with E-state index in [1.54, 1.807) is 12.1 Å². The molecule has 0 radical (unpaired) electrons. The molecule has 7 rings (SSSR count). The zero-order valence-electron chi connectivity index (χ0n) is 20.6. The van der Waals surface area contributed by atoms with E-state index in [9.17, 15) is 14.7 Å². The molecule has 0 aromatic carbocycles. The minimum Gasteiger partial charge on any atom is -0.390 e. The van der Waals surface area contributed by atoms with Gasteiger partial charge in [0.05, 0.1) is 11.2 Å². The second-order valence-corrected chi connectivity index (χ2v) is 11.3. The predicted octanol–water partition coefficient (Wildman–Crippen LogP) is 1.96. The Kier molecular flexibility index (Phi) is 5.63. The van der Waals surface area contributed by atoms with Crippen LogP contribution in [0, 0.1) is 17.8 Å². The number of primary amides is 1. The number of piperazine rings is 1. The number of aromatic nitrogens is 2. The van der Waals surface area contributed by atoms with Crippen molar-refractivity contribution in [2.24, 2.45) is 23.5 Å². The number of amides is 2. The molecule has 3 atom stereocenters. The minimum absolute atomic E-state index is 0.119. The van der Waals surface area contributed by atoms with Crippen LogP contribution in [0.5, 0.6) is 0 Å². The van der Waals surface area contributed by atoms with Crippen LogP contribution < -0.4 is 20.9 Å². The van der Waals surface area contributed by atoms with Crippen molar-refractivity contribution in [3.63, 3.8) is 0 Å². The van der Waals surface area contributed by atoms with Crippen molar-refractivity contribution >= 4 is 23.5 Å². The molecule has 2 aromatic rings. The Morgan fingerprint density at radius 3 is 2.50 bits per heavy atom. The number of pyridine rings is 2. The minimum atomic E-state index is -0.506. The summed E-state index contributed by atoms with van der Waals surface area (Å²) >= 11 is 0. The average molecular weight is 491 g/mol. The van der Waals surface area contributed by atoms with Crippen LogP contribution in [-0.2, 0) is 0 Å². The van der Waals surface area contributed by atoms with Gasteiger partial charge in [-0.1, -0.05) is 6.07 Å². The fraction of sp³-hybridized carbons (Fsp3) is 0.556. The van der Waals surface area contributed by atoms with Crippen molar-refractivity contribution in [1.29, 1.82) is 0 Å². The summed E-state index contributed by atoms with van der Waals surface area (Å²) in [6.07, 6.45) is 6.28. The second-order valence-electron chi connectivity index (χ2n) is 11.3. The van der Waals surface area contributed by atoms with Crippen molar-refractivity contribution in [1.82, 2.24) is 15.3 Å². The van der Waals surface area contributed by atoms with Crippen molar-refractivity contribution < 1.29 is 14.7 Å². The smallest absolute Gasteiger partial charge is 0.270 e. The lowest BCUT2D eigenvalue weighted by molar-refractivity contribution is -0.136. The number of carbonyl (C=O) groups excluding carboxylic acids is 2. The number of anilines is 2. The summed E-state index contributed by atoms with van der Waals surface area (Å²) in [5.41, 5.74) is 5.66.